The van der Waals surface area contributed by atoms with Gasteiger partial charge in [0.2, 0.25) is 0 Å². The molecule has 2 aromatic heterocycles. The molecule has 23 heavy (non-hydrogen) atoms. The maximum Gasteiger partial charge on any atom is 0.302 e. The van der Waals surface area contributed by atoms with Crippen molar-refractivity contribution in [3.8, 4) is 10.8 Å². The van der Waals surface area contributed by atoms with Crippen LogP contribution in [0.1, 0.15) is 26.2 Å². The predicted octanol–water partition coefficient (Wildman–Crippen LogP) is 3.62. The molecule has 0 radical (unpaired) electrons. The van der Waals surface area contributed by atoms with Gasteiger partial charge >= 0.3 is 5.97 Å². The molecule has 1 aliphatic rings. The lowest BCUT2D eigenvalue weighted by Gasteiger charge is -2.30. The van der Waals surface area contributed by atoms with Crippen LogP contribution < -0.4 is 4.90 Å². The number of aromatic nitrogens is 2. The number of halogens is 1. The van der Waals surface area contributed by atoms with Crippen LogP contribution in [0.15, 0.2) is 16.0 Å². The fourth-order valence-electron chi connectivity index (χ4n) is 2.67. The van der Waals surface area contributed by atoms with Crippen molar-refractivity contribution in [3.05, 3.63) is 16.5 Å². The third-order valence-electron chi connectivity index (χ3n) is 3.96. The monoisotopic (exact) mass is 355 g/mol. The van der Waals surface area contributed by atoms with Crippen molar-refractivity contribution in [3.63, 3.8) is 0 Å². The summed E-state index contributed by atoms with van der Waals surface area (Å²) in [6.45, 7) is 3.70. The average Bonchev–Trinajstić information content (AvgIpc) is 3.16. The van der Waals surface area contributed by atoms with Crippen LogP contribution in [-0.2, 0) is 9.53 Å². The molecule has 0 unspecified atom stereocenters. The fourth-order valence-corrected chi connectivity index (χ4v) is 3.73. The normalized spacial score (nSPS) is 15.8. The lowest BCUT2D eigenvalue weighted by atomic mass is 9.94. The fraction of sp³-hybridized carbons (Fsp3) is 0.533. The Morgan fingerprint density at radius 3 is 2.96 bits per heavy atom. The highest BCUT2D eigenvalue weighted by Crippen LogP contribution is 2.33. The van der Waals surface area contributed by atoms with Crippen LogP contribution >= 0.6 is 22.9 Å². The third-order valence-corrected chi connectivity index (χ3v) is 5.28. The Morgan fingerprint density at radius 2 is 2.30 bits per heavy atom. The Hall–Kier alpha value is -1.60. The van der Waals surface area contributed by atoms with E-state index in [0.717, 1.165) is 37.2 Å². The van der Waals surface area contributed by atoms with Gasteiger partial charge in [-0.1, -0.05) is 11.6 Å². The smallest absolute Gasteiger partial charge is 0.302 e. The average molecular weight is 356 g/mol. The highest BCUT2D eigenvalue weighted by Gasteiger charge is 2.23. The van der Waals surface area contributed by atoms with Gasteiger partial charge < -0.3 is 14.2 Å². The van der Waals surface area contributed by atoms with Gasteiger partial charge in [-0.3, -0.25) is 4.79 Å². The minimum absolute atomic E-state index is 0.214. The van der Waals surface area contributed by atoms with Gasteiger partial charge in [-0.2, -0.15) is 4.98 Å². The zero-order valence-corrected chi connectivity index (χ0v) is 14.4. The van der Waals surface area contributed by atoms with Crippen molar-refractivity contribution in [1.29, 1.82) is 0 Å². The molecule has 3 rings (SSSR count). The lowest BCUT2D eigenvalue weighted by molar-refractivity contribution is -0.141. The van der Waals surface area contributed by atoms with Crippen molar-refractivity contribution in [1.82, 2.24) is 10.1 Å². The number of thiophene rings is 1. The summed E-state index contributed by atoms with van der Waals surface area (Å²) in [5.41, 5.74) is 0. The van der Waals surface area contributed by atoms with Crippen molar-refractivity contribution >= 4 is 34.9 Å². The molecule has 0 N–H and O–H groups in total. The van der Waals surface area contributed by atoms with Crippen molar-refractivity contribution in [2.45, 2.75) is 26.2 Å². The molecule has 2 aromatic rings. The summed E-state index contributed by atoms with van der Waals surface area (Å²) in [7, 11) is 0. The minimum Gasteiger partial charge on any atom is -0.466 e. The highest BCUT2D eigenvalue weighted by atomic mass is 35.5. The SMILES string of the molecule is CC(=O)OCCC1CCN(c2noc(-c3sccc3Cl)n2)CC1. The summed E-state index contributed by atoms with van der Waals surface area (Å²) in [5, 5.41) is 6.60. The molecule has 8 heteroatoms. The number of rotatable bonds is 5. The van der Waals surface area contributed by atoms with E-state index in [2.05, 4.69) is 15.0 Å². The molecule has 0 bridgehead atoms. The summed E-state index contributed by atoms with van der Waals surface area (Å²) in [6.07, 6.45) is 2.98. The van der Waals surface area contributed by atoms with E-state index in [1.54, 1.807) is 0 Å². The third kappa shape index (κ3) is 4.03. The Labute approximate surface area is 143 Å². The molecule has 0 aromatic carbocycles. The molecule has 0 amide bonds. The molecule has 0 aliphatic carbocycles. The summed E-state index contributed by atoms with van der Waals surface area (Å²) in [6, 6.07) is 1.82. The number of anilines is 1. The first-order valence-corrected chi connectivity index (χ1v) is 8.84. The molecule has 6 nitrogen and oxygen atoms in total. The summed E-state index contributed by atoms with van der Waals surface area (Å²) < 4.78 is 10.3. The molecule has 124 valence electrons. The maximum absolute atomic E-state index is 10.8. The van der Waals surface area contributed by atoms with Crippen LogP contribution in [0, 0.1) is 5.92 Å². The number of hydrogen-bond acceptors (Lipinski definition) is 7. The second-order valence-corrected chi connectivity index (χ2v) is 6.88. The van der Waals surface area contributed by atoms with Crippen LogP contribution in [0.25, 0.3) is 10.8 Å². The summed E-state index contributed by atoms with van der Waals surface area (Å²) >= 11 is 7.58. The summed E-state index contributed by atoms with van der Waals surface area (Å²) in [4.78, 5) is 18.2. The van der Waals surface area contributed by atoms with E-state index in [-0.39, 0.29) is 5.97 Å². The Balaban J connectivity index is 1.53. The number of esters is 1. The van der Waals surface area contributed by atoms with E-state index in [4.69, 9.17) is 20.9 Å². The van der Waals surface area contributed by atoms with Gasteiger partial charge in [0.25, 0.3) is 11.8 Å². The minimum atomic E-state index is -0.214. The van der Waals surface area contributed by atoms with Gasteiger partial charge in [0.05, 0.1) is 11.6 Å². The van der Waals surface area contributed by atoms with Gasteiger partial charge in [-0.15, -0.1) is 11.3 Å². The van der Waals surface area contributed by atoms with E-state index < -0.39 is 0 Å². The van der Waals surface area contributed by atoms with E-state index in [1.807, 2.05) is 11.4 Å². The maximum atomic E-state index is 10.8. The van der Waals surface area contributed by atoms with Crippen molar-refractivity contribution < 1.29 is 14.1 Å². The topological polar surface area (TPSA) is 68.5 Å². The largest absolute Gasteiger partial charge is 0.466 e. The standard InChI is InChI=1S/C15H18ClN3O3S/c1-10(20)21-8-4-11-2-6-19(7-3-11)15-17-14(22-18-15)13-12(16)5-9-23-13/h5,9,11H,2-4,6-8H2,1H3. The van der Waals surface area contributed by atoms with Crippen molar-refractivity contribution in [2.24, 2.45) is 5.92 Å². The van der Waals surface area contributed by atoms with Crippen LogP contribution in [0.4, 0.5) is 5.95 Å². The number of hydrogen-bond donors (Lipinski definition) is 0. The Morgan fingerprint density at radius 1 is 1.52 bits per heavy atom. The zero-order chi connectivity index (χ0) is 16.2. The number of piperidine rings is 1. The van der Waals surface area contributed by atoms with Crippen LogP contribution in [-0.4, -0.2) is 35.8 Å². The highest BCUT2D eigenvalue weighted by molar-refractivity contribution is 7.14. The van der Waals surface area contributed by atoms with Gasteiger partial charge in [0.15, 0.2) is 0 Å². The molecule has 1 aliphatic heterocycles. The predicted molar refractivity (Wildman–Crippen MR) is 88.8 cm³/mol. The van der Waals surface area contributed by atoms with Crippen LogP contribution in [0.5, 0.6) is 0 Å². The van der Waals surface area contributed by atoms with Crippen LogP contribution in [0.3, 0.4) is 0 Å². The van der Waals surface area contributed by atoms with Gasteiger partial charge in [0.1, 0.15) is 4.88 Å². The van der Waals surface area contributed by atoms with Crippen LogP contribution in [0.2, 0.25) is 5.02 Å². The molecule has 0 spiro atoms. The molecular weight excluding hydrogens is 338 g/mol. The van der Waals surface area contributed by atoms with Gasteiger partial charge in [0, 0.05) is 20.0 Å². The summed E-state index contributed by atoms with van der Waals surface area (Å²) in [5.74, 6) is 1.44. The number of nitrogens with zero attached hydrogens (tertiary/aromatic N) is 3. The van der Waals surface area contributed by atoms with Crippen molar-refractivity contribution in [2.75, 3.05) is 24.6 Å². The second kappa shape index (κ2) is 7.31. The first-order chi connectivity index (χ1) is 11.1. The molecule has 3 heterocycles. The van der Waals surface area contributed by atoms with E-state index >= 15 is 0 Å². The Kier molecular flexibility index (Phi) is 5.17. The molecule has 0 atom stereocenters. The Bertz CT molecular complexity index is 664. The zero-order valence-electron chi connectivity index (χ0n) is 12.8. The number of carbonyl (C=O) groups excluding carboxylic acids is 1. The van der Waals surface area contributed by atoms with Gasteiger partial charge in [-0.25, -0.2) is 0 Å². The molecule has 1 fully saturated rings. The van der Waals surface area contributed by atoms with E-state index in [1.165, 1.54) is 18.3 Å². The first-order valence-electron chi connectivity index (χ1n) is 7.59. The van der Waals surface area contributed by atoms with Gasteiger partial charge in [-0.05, 0) is 41.8 Å². The molecule has 1 saturated heterocycles. The number of carbonyl (C=O) groups is 1. The second-order valence-electron chi connectivity index (χ2n) is 5.56. The lowest BCUT2D eigenvalue weighted by Crippen LogP contribution is -2.34. The van der Waals surface area contributed by atoms with E-state index in [0.29, 0.717) is 29.4 Å². The van der Waals surface area contributed by atoms with E-state index in [9.17, 15) is 4.79 Å². The molecule has 0 saturated carbocycles. The molecular formula is C15H18ClN3O3S. The first kappa shape index (κ1) is 16.3. The quantitative estimate of drug-likeness (QED) is 0.763. The number of ether oxygens (including phenoxy) is 1.